The second kappa shape index (κ2) is 8.39. The molecule has 0 aromatic heterocycles. The van der Waals surface area contributed by atoms with Gasteiger partial charge in [-0.2, -0.15) is 4.91 Å². The zero-order valence-electron chi connectivity index (χ0n) is 10.4. The highest BCUT2D eigenvalue weighted by molar-refractivity contribution is 5.09. The van der Waals surface area contributed by atoms with Gasteiger partial charge in [0.05, 0.1) is 0 Å². The molecule has 0 aliphatic rings. The Morgan fingerprint density at radius 2 is 2.13 bits per heavy atom. The SMILES string of the molecule is C/C=C(/C)C(C)C(/C=C/CCCC)N=O. The van der Waals surface area contributed by atoms with Crippen LogP contribution in [0.5, 0.6) is 0 Å². The maximum atomic E-state index is 10.7. The number of nitrogens with zero attached hydrogens (tertiary/aromatic N) is 1. The van der Waals surface area contributed by atoms with Gasteiger partial charge < -0.3 is 0 Å². The second-order valence-corrected chi connectivity index (χ2v) is 3.99. The van der Waals surface area contributed by atoms with Gasteiger partial charge in [0, 0.05) is 5.92 Å². The zero-order valence-corrected chi connectivity index (χ0v) is 10.4. The number of allylic oxidation sites excluding steroid dienone is 2. The Hall–Kier alpha value is -0.920. The second-order valence-electron chi connectivity index (χ2n) is 3.99. The van der Waals surface area contributed by atoms with Crippen LogP contribution in [-0.4, -0.2) is 6.04 Å². The first-order chi connectivity index (χ1) is 7.17. The van der Waals surface area contributed by atoms with Crippen molar-refractivity contribution in [3.05, 3.63) is 28.7 Å². The molecule has 0 saturated heterocycles. The third-order valence-corrected chi connectivity index (χ3v) is 2.87. The average Bonchev–Trinajstić information content (AvgIpc) is 2.27. The summed E-state index contributed by atoms with van der Waals surface area (Å²) in [5.41, 5.74) is 1.22. The van der Waals surface area contributed by atoms with Crippen LogP contribution in [0.4, 0.5) is 0 Å². The van der Waals surface area contributed by atoms with E-state index in [2.05, 4.69) is 18.2 Å². The van der Waals surface area contributed by atoms with Gasteiger partial charge in [0.1, 0.15) is 6.04 Å². The van der Waals surface area contributed by atoms with E-state index in [-0.39, 0.29) is 12.0 Å². The third kappa shape index (κ3) is 5.50. The van der Waals surface area contributed by atoms with Gasteiger partial charge in [0.2, 0.25) is 0 Å². The lowest BCUT2D eigenvalue weighted by atomic mass is 9.94. The largest absolute Gasteiger partial charge is 0.150 e. The number of hydrogen-bond acceptors (Lipinski definition) is 2. The summed E-state index contributed by atoms with van der Waals surface area (Å²) in [5, 5.41) is 3.18. The standard InChI is InChI=1S/C13H23NO/c1-5-7-8-9-10-13(14-15)12(4)11(3)6-2/h6,9-10,12-13H,5,7-8H2,1-4H3/b10-9+,11-6-. The highest BCUT2D eigenvalue weighted by Gasteiger charge is 2.15. The van der Waals surface area contributed by atoms with E-state index in [1.54, 1.807) is 0 Å². The summed E-state index contributed by atoms with van der Waals surface area (Å²) < 4.78 is 0. The Kier molecular flexibility index (Phi) is 7.88. The van der Waals surface area contributed by atoms with Gasteiger partial charge in [-0.3, -0.25) is 0 Å². The molecule has 2 nitrogen and oxygen atoms in total. The highest BCUT2D eigenvalue weighted by atomic mass is 16.3. The first-order valence-corrected chi connectivity index (χ1v) is 5.79. The minimum absolute atomic E-state index is 0.210. The zero-order chi connectivity index (χ0) is 11.7. The van der Waals surface area contributed by atoms with Crippen LogP contribution in [0.15, 0.2) is 29.0 Å². The van der Waals surface area contributed by atoms with Crippen LogP contribution in [0.2, 0.25) is 0 Å². The molecule has 86 valence electrons. The summed E-state index contributed by atoms with van der Waals surface area (Å²) in [5.74, 6) is 0.213. The molecule has 2 unspecified atom stereocenters. The first kappa shape index (κ1) is 14.1. The molecule has 0 saturated carbocycles. The fourth-order valence-corrected chi connectivity index (χ4v) is 1.38. The molecule has 0 aliphatic carbocycles. The maximum absolute atomic E-state index is 10.7. The monoisotopic (exact) mass is 209 g/mol. The van der Waals surface area contributed by atoms with Crippen molar-refractivity contribution in [3.63, 3.8) is 0 Å². The van der Waals surface area contributed by atoms with E-state index in [1.165, 1.54) is 18.4 Å². The summed E-state index contributed by atoms with van der Waals surface area (Å²) in [4.78, 5) is 10.7. The molecule has 0 bridgehead atoms. The van der Waals surface area contributed by atoms with Crippen LogP contribution in [0.3, 0.4) is 0 Å². The van der Waals surface area contributed by atoms with Crippen molar-refractivity contribution in [2.24, 2.45) is 11.1 Å². The molecule has 0 spiro atoms. The van der Waals surface area contributed by atoms with Crippen molar-refractivity contribution in [1.82, 2.24) is 0 Å². The lowest BCUT2D eigenvalue weighted by molar-refractivity contribution is 0.593. The predicted molar refractivity (Wildman–Crippen MR) is 66.8 cm³/mol. The van der Waals surface area contributed by atoms with Crippen molar-refractivity contribution in [3.8, 4) is 0 Å². The van der Waals surface area contributed by atoms with Crippen molar-refractivity contribution < 1.29 is 0 Å². The Morgan fingerprint density at radius 1 is 1.47 bits per heavy atom. The summed E-state index contributed by atoms with van der Waals surface area (Å²) >= 11 is 0. The molecule has 0 aliphatic heterocycles. The molecule has 0 amide bonds. The molecule has 15 heavy (non-hydrogen) atoms. The van der Waals surface area contributed by atoms with Crippen LogP contribution in [-0.2, 0) is 0 Å². The van der Waals surface area contributed by atoms with Crippen molar-refractivity contribution >= 4 is 0 Å². The van der Waals surface area contributed by atoms with Gasteiger partial charge in [0.25, 0.3) is 0 Å². The molecule has 0 heterocycles. The topological polar surface area (TPSA) is 29.4 Å². The van der Waals surface area contributed by atoms with Gasteiger partial charge >= 0.3 is 0 Å². The fraction of sp³-hybridized carbons (Fsp3) is 0.692. The van der Waals surface area contributed by atoms with Crippen LogP contribution in [0.25, 0.3) is 0 Å². The number of rotatable bonds is 7. The van der Waals surface area contributed by atoms with E-state index in [1.807, 2.05) is 32.9 Å². The van der Waals surface area contributed by atoms with E-state index in [0.29, 0.717) is 0 Å². The van der Waals surface area contributed by atoms with Crippen molar-refractivity contribution in [2.75, 3.05) is 0 Å². The Balaban J connectivity index is 4.24. The molecule has 0 aromatic carbocycles. The quantitative estimate of drug-likeness (QED) is 0.345. The van der Waals surface area contributed by atoms with Crippen molar-refractivity contribution in [1.29, 1.82) is 0 Å². The Bertz CT molecular complexity index is 231. The van der Waals surface area contributed by atoms with E-state index in [4.69, 9.17) is 0 Å². The van der Waals surface area contributed by atoms with E-state index >= 15 is 0 Å². The fourth-order valence-electron chi connectivity index (χ4n) is 1.38. The van der Waals surface area contributed by atoms with Gasteiger partial charge in [-0.1, -0.05) is 55.7 Å². The molecule has 0 rings (SSSR count). The van der Waals surface area contributed by atoms with E-state index < -0.39 is 0 Å². The minimum atomic E-state index is -0.210. The van der Waals surface area contributed by atoms with Crippen LogP contribution in [0, 0.1) is 10.8 Å². The molecule has 2 heteroatoms. The molecular weight excluding hydrogens is 186 g/mol. The molecule has 0 N–H and O–H groups in total. The predicted octanol–water partition coefficient (Wildman–Crippen LogP) is 4.47. The molecule has 0 fully saturated rings. The van der Waals surface area contributed by atoms with Crippen molar-refractivity contribution in [2.45, 2.75) is 53.0 Å². The van der Waals surface area contributed by atoms with Crippen LogP contribution in [0.1, 0.15) is 47.0 Å². The molecule has 0 aromatic rings. The normalized spacial score (nSPS) is 16.7. The molecular formula is C13H23NO. The first-order valence-electron chi connectivity index (χ1n) is 5.79. The molecule has 2 atom stereocenters. The smallest absolute Gasteiger partial charge is 0.116 e. The summed E-state index contributed by atoms with van der Waals surface area (Å²) in [6.45, 7) is 8.25. The lowest BCUT2D eigenvalue weighted by Gasteiger charge is -2.14. The summed E-state index contributed by atoms with van der Waals surface area (Å²) in [7, 11) is 0. The number of unbranched alkanes of at least 4 members (excludes halogenated alkanes) is 2. The lowest BCUT2D eigenvalue weighted by Crippen LogP contribution is -2.13. The summed E-state index contributed by atoms with van der Waals surface area (Å²) in [6, 6.07) is -0.210. The van der Waals surface area contributed by atoms with Gasteiger partial charge in [-0.15, -0.1) is 0 Å². The Morgan fingerprint density at radius 3 is 2.60 bits per heavy atom. The highest BCUT2D eigenvalue weighted by Crippen LogP contribution is 2.18. The minimum Gasteiger partial charge on any atom is -0.150 e. The number of hydrogen-bond donors (Lipinski definition) is 0. The molecule has 0 radical (unpaired) electrons. The summed E-state index contributed by atoms with van der Waals surface area (Å²) in [6.07, 6.45) is 9.48. The van der Waals surface area contributed by atoms with Crippen LogP contribution >= 0.6 is 0 Å². The third-order valence-electron chi connectivity index (χ3n) is 2.87. The maximum Gasteiger partial charge on any atom is 0.116 e. The average molecular weight is 209 g/mol. The number of nitroso groups, excluding NO2 is 1. The van der Waals surface area contributed by atoms with Gasteiger partial charge in [0.15, 0.2) is 0 Å². The van der Waals surface area contributed by atoms with Gasteiger partial charge in [-0.25, -0.2) is 0 Å². The van der Waals surface area contributed by atoms with Gasteiger partial charge in [-0.05, 0) is 20.3 Å². The van der Waals surface area contributed by atoms with Crippen LogP contribution < -0.4 is 0 Å². The van der Waals surface area contributed by atoms with E-state index in [9.17, 15) is 4.91 Å². The van der Waals surface area contributed by atoms with E-state index in [0.717, 1.165) is 6.42 Å². The Labute approximate surface area is 93.4 Å².